The van der Waals surface area contributed by atoms with Crippen molar-refractivity contribution in [2.24, 2.45) is 5.92 Å². The SMILES string of the molecule is CCn1cc(CN2C[C@@H](COC)[C@H](c3nc(COC)no3)C2)cn1. The van der Waals surface area contributed by atoms with E-state index in [1.807, 2.05) is 10.9 Å². The van der Waals surface area contributed by atoms with Crippen LogP contribution >= 0.6 is 0 Å². The Morgan fingerprint density at radius 1 is 1.29 bits per heavy atom. The van der Waals surface area contributed by atoms with Crippen molar-refractivity contribution in [2.45, 2.75) is 32.5 Å². The molecule has 8 nitrogen and oxygen atoms in total. The van der Waals surface area contributed by atoms with Crippen molar-refractivity contribution in [1.82, 2.24) is 24.8 Å². The van der Waals surface area contributed by atoms with E-state index >= 15 is 0 Å². The van der Waals surface area contributed by atoms with Crippen LogP contribution in [0.4, 0.5) is 0 Å². The normalized spacial score (nSPS) is 21.6. The molecule has 0 saturated carbocycles. The van der Waals surface area contributed by atoms with Gasteiger partial charge in [0.15, 0.2) is 5.82 Å². The van der Waals surface area contributed by atoms with Crippen molar-refractivity contribution in [2.75, 3.05) is 33.9 Å². The van der Waals surface area contributed by atoms with E-state index in [1.165, 1.54) is 5.56 Å². The molecule has 0 unspecified atom stereocenters. The minimum atomic E-state index is 0.185. The second-order valence-electron chi connectivity index (χ2n) is 6.20. The molecule has 1 fully saturated rings. The molecule has 1 saturated heterocycles. The summed E-state index contributed by atoms with van der Waals surface area (Å²) in [6, 6.07) is 0. The zero-order valence-electron chi connectivity index (χ0n) is 14.5. The average molecular weight is 335 g/mol. The molecular formula is C16H25N5O3. The van der Waals surface area contributed by atoms with Crippen LogP contribution in [0.25, 0.3) is 0 Å². The van der Waals surface area contributed by atoms with E-state index in [0.717, 1.165) is 26.2 Å². The molecule has 2 aromatic heterocycles. The van der Waals surface area contributed by atoms with Crippen LogP contribution in [0.1, 0.15) is 30.1 Å². The number of aromatic nitrogens is 4. The third kappa shape index (κ3) is 3.82. The first-order valence-electron chi connectivity index (χ1n) is 8.27. The summed E-state index contributed by atoms with van der Waals surface area (Å²) in [6.45, 7) is 6.71. The number of hydrogen-bond donors (Lipinski definition) is 0. The van der Waals surface area contributed by atoms with Crippen LogP contribution in [0, 0.1) is 5.92 Å². The van der Waals surface area contributed by atoms with E-state index in [4.69, 9.17) is 14.0 Å². The molecule has 2 atom stereocenters. The lowest BCUT2D eigenvalue weighted by atomic mass is 9.97. The van der Waals surface area contributed by atoms with Crippen molar-refractivity contribution < 1.29 is 14.0 Å². The van der Waals surface area contributed by atoms with E-state index in [9.17, 15) is 0 Å². The zero-order valence-corrected chi connectivity index (χ0v) is 14.5. The van der Waals surface area contributed by atoms with Crippen LogP contribution in [-0.4, -0.2) is 58.7 Å². The summed E-state index contributed by atoms with van der Waals surface area (Å²) in [5, 5.41) is 8.33. The van der Waals surface area contributed by atoms with Gasteiger partial charge in [0.1, 0.15) is 6.61 Å². The van der Waals surface area contributed by atoms with Gasteiger partial charge in [-0.1, -0.05) is 5.16 Å². The van der Waals surface area contributed by atoms with Gasteiger partial charge in [-0.05, 0) is 6.92 Å². The molecule has 132 valence electrons. The van der Waals surface area contributed by atoms with E-state index in [1.54, 1.807) is 14.2 Å². The number of ether oxygens (including phenoxy) is 2. The highest BCUT2D eigenvalue weighted by Gasteiger charge is 2.37. The van der Waals surface area contributed by atoms with Gasteiger partial charge in [-0.2, -0.15) is 10.1 Å². The standard InChI is InChI=1S/C16H25N5O3/c1-4-21-7-12(5-17-21)6-20-8-13(10-22-2)14(9-20)16-18-15(11-23-3)19-24-16/h5,7,13-14H,4,6,8-11H2,1-3H3/t13-,14+/m0/s1. The molecule has 0 bridgehead atoms. The lowest BCUT2D eigenvalue weighted by Gasteiger charge is -2.14. The predicted molar refractivity (Wildman–Crippen MR) is 86.3 cm³/mol. The molecule has 2 aromatic rings. The van der Waals surface area contributed by atoms with Crippen molar-refractivity contribution in [3.8, 4) is 0 Å². The first-order chi connectivity index (χ1) is 11.7. The fourth-order valence-electron chi connectivity index (χ4n) is 3.28. The summed E-state index contributed by atoms with van der Waals surface area (Å²) < 4.78 is 17.9. The molecule has 24 heavy (non-hydrogen) atoms. The van der Waals surface area contributed by atoms with Crippen LogP contribution in [0.15, 0.2) is 16.9 Å². The van der Waals surface area contributed by atoms with Crippen LogP contribution in [0.3, 0.4) is 0 Å². The molecule has 3 rings (SSSR count). The Bertz CT molecular complexity index is 641. The number of likely N-dealkylation sites (tertiary alicyclic amines) is 1. The molecule has 0 N–H and O–H groups in total. The van der Waals surface area contributed by atoms with E-state index in [2.05, 4.69) is 33.3 Å². The molecule has 0 amide bonds. The Balaban J connectivity index is 1.68. The van der Waals surface area contributed by atoms with Gasteiger partial charge in [0.05, 0.1) is 18.7 Å². The maximum absolute atomic E-state index is 5.46. The quantitative estimate of drug-likeness (QED) is 0.719. The third-order valence-electron chi connectivity index (χ3n) is 4.39. The van der Waals surface area contributed by atoms with Gasteiger partial charge in [-0.15, -0.1) is 0 Å². The number of nitrogens with zero attached hydrogens (tertiary/aromatic N) is 5. The van der Waals surface area contributed by atoms with Crippen molar-refractivity contribution in [3.05, 3.63) is 29.7 Å². The highest BCUT2D eigenvalue weighted by Crippen LogP contribution is 2.32. The molecular weight excluding hydrogens is 310 g/mol. The number of methoxy groups -OCH3 is 2. The fourth-order valence-corrected chi connectivity index (χ4v) is 3.28. The second-order valence-corrected chi connectivity index (χ2v) is 6.20. The molecule has 8 heteroatoms. The van der Waals surface area contributed by atoms with Crippen molar-refractivity contribution in [3.63, 3.8) is 0 Å². The van der Waals surface area contributed by atoms with E-state index in [-0.39, 0.29) is 5.92 Å². The molecule has 0 spiro atoms. The molecule has 0 radical (unpaired) electrons. The lowest BCUT2D eigenvalue weighted by Crippen LogP contribution is -2.21. The van der Waals surface area contributed by atoms with Gasteiger partial charge in [0.2, 0.25) is 5.89 Å². The summed E-state index contributed by atoms with van der Waals surface area (Å²) in [6.07, 6.45) is 4.04. The Kier molecular flexibility index (Phi) is 5.60. The van der Waals surface area contributed by atoms with Gasteiger partial charge in [0.25, 0.3) is 0 Å². The molecule has 3 heterocycles. The van der Waals surface area contributed by atoms with Gasteiger partial charge < -0.3 is 14.0 Å². The third-order valence-corrected chi connectivity index (χ3v) is 4.39. The largest absolute Gasteiger partial charge is 0.384 e. The smallest absolute Gasteiger partial charge is 0.231 e. The maximum atomic E-state index is 5.46. The van der Waals surface area contributed by atoms with Gasteiger partial charge in [0, 0.05) is 58.1 Å². The van der Waals surface area contributed by atoms with Gasteiger partial charge >= 0.3 is 0 Å². The van der Waals surface area contributed by atoms with Crippen LogP contribution < -0.4 is 0 Å². The maximum Gasteiger partial charge on any atom is 0.231 e. The average Bonchev–Trinajstić information content (AvgIpc) is 3.28. The first kappa shape index (κ1) is 17.1. The van der Waals surface area contributed by atoms with E-state index in [0.29, 0.717) is 30.8 Å². The topological polar surface area (TPSA) is 78.4 Å². The monoisotopic (exact) mass is 335 g/mol. The Labute approximate surface area is 141 Å². The van der Waals surface area contributed by atoms with Gasteiger partial charge in [-0.25, -0.2) is 0 Å². The number of hydrogen-bond acceptors (Lipinski definition) is 7. The Morgan fingerprint density at radius 3 is 2.88 bits per heavy atom. The highest BCUT2D eigenvalue weighted by molar-refractivity contribution is 5.08. The minimum absolute atomic E-state index is 0.185. The first-order valence-corrected chi connectivity index (χ1v) is 8.27. The Morgan fingerprint density at radius 2 is 2.17 bits per heavy atom. The van der Waals surface area contributed by atoms with E-state index < -0.39 is 0 Å². The molecule has 0 aliphatic carbocycles. The predicted octanol–water partition coefficient (Wildman–Crippen LogP) is 1.29. The summed E-state index contributed by atoms with van der Waals surface area (Å²) in [5.74, 6) is 1.79. The van der Waals surface area contributed by atoms with Crippen molar-refractivity contribution >= 4 is 0 Å². The minimum Gasteiger partial charge on any atom is -0.384 e. The molecule has 1 aliphatic heterocycles. The number of rotatable bonds is 8. The summed E-state index contributed by atoms with van der Waals surface area (Å²) in [5.41, 5.74) is 1.22. The molecule has 1 aliphatic rings. The highest BCUT2D eigenvalue weighted by atomic mass is 16.5. The van der Waals surface area contributed by atoms with Crippen LogP contribution in [-0.2, 0) is 29.2 Å². The Hall–Kier alpha value is -1.77. The summed E-state index contributed by atoms with van der Waals surface area (Å²) >= 11 is 0. The van der Waals surface area contributed by atoms with Crippen LogP contribution in [0.2, 0.25) is 0 Å². The number of aryl methyl sites for hydroxylation is 1. The summed E-state index contributed by atoms with van der Waals surface area (Å²) in [4.78, 5) is 6.87. The van der Waals surface area contributed by atoms with Crippen molar-refractivity contribution in [1.29, 1.82) is 0 Å². The van der Waals surface area contributed by atoms with Gasteiger partial charge in [-0.3, -0.25) is 9.58 Å². The second kappa shape index (κ2) is 7.87. The molecule has 0 aromatic carbocycles. The van der Waals surface area contributed by atoms with Crippen LogP contribution in [0.5, 0.6) is 0 Å². The summed E-state index contributed by atoms with van der Waals surface area (Å²) in [7, 11) is 3.35. The lowest BCUT2D eigenvalue weighted by molar-refractivity contribution is 0.142. The fraction of sp³-hybridized carbons (Fsp3) is 0.688. The zero-order chi connectivity index (χ0) is 16.9.